The summed E-state index contributed by atoms with van der Waals surface area (Å²) in [6.07, 6.45) is 1.98. The number of carbonyl (C=O) groups is 2. The van der Waals surface area contributed by atoms with Gasteiger partial charge in [0.15, 0.2) is 4.80 Å². The quantitative estimate of drug-likeness (QED) is 0.794. The lowest BCUT2D eigenvalue weighted by Gasteiger charge is -2.04. The fourth-order valence-electron chi connectivity index (χ4n) is 2.00. The van der Waals surface area contributed by atoms with Crippen molar-refractivity contribution in [3.05, 3.63) is 28.8 Å². The fourth-order valence-corrected chi connectivity index (χ4v) is 3.06. The van der Waals surface area contributed by atoms with E-state index < -0.39 is 11.8 Å². The maximum atomic E-state index is 14.1. The van der Waals surface area contributed by atoms with Crippen LogP contribution in [-0.4, -0.2) is 23.6 Å². The monoisotopic (exact) mass is 324 g/mol. The van der Waals surface area contributed by atoms with Crippen molar-refractivity contribution in [2.45, 2.75) is 32.7 Å². The minimum absolute atomic E-state index is 0.183. The zero-order valence-electron chi connectivity index (χ0n) is 12.5. The standard InChI is InChI=1S/C15H17FN2O3S/c1-3-4-8-12(19)17-15-18(9-13(20)21-2)14-10(16)6-5-7-11(14)22-15/h5-7H,3-4,8-9H2,1-2H3. The maximum absolute atomic E-state index is 14.1. The molecular formula is C15H17FN2O3S. The molecule has 2 rings (SSSR count). The number of rotatable bonds is 5. The molecule has 0 atom stereocenters. The second-order valence-electron chi connectivity index (χ2n) is 4.74. The predicted octanol–water partition coefficient (Wildman–Crippen LogP) is 2.63. The van der Waals surface area contributed by atoms with Crippen molar-refractivity contribution in [3.63, 3.8) is 0 Å². The van der Waals surface area contributed by atoms with Gasteiger partial charge in [-0.3, -0.25) is 9.59 Å². The van der Waals surface area contributed by atoms with E-state index >= 15 is 0 Å². The van der Waals surface area contributed by atoms with Gasteiger partial charge >= 0.3 is 5.97 Å². The lowest BCUT2D eigenvalue weighted by molar-refractivity contribution is -0.141. The van der Waals surface area contributed by atoms with E-state index in [1.165, 1.54) is 29.1 Å². The maximum Gasteiger partial charge on any atom is 0.325 e. The number of hydrogen-bond acceptors (Lipinski definition) is 4. The summed E-state index contributed by atoms with van der Waals surface area (Å²) in [5.41, 5.74) is 0.264. The van der Waals surface area contributed by atoms with Gasteiger partial charge < -0.3 is 9.30 Å². The molecule has 22 heavy (non-hydrogen) atoms. The second-order valence-corrected chi connectivity index (χ2v) is 5.75. The molecule has 5 nitrogen and oxygen atoms in total. The molecule has 0 aliphatic rings. The van der Waals surface area contributed by atoms with E-state index in [2.05, 4.69) is 9.73 Å². The Balaban J connectivity index is 2.55. The van der Waals surface area contributed by atoms with Crippen LogP contribution >= 0.6 is 11.3 Å². The minimum Gasteiger partial charge on any atom is -0.468 e. The van der Waals surface area contributed by atoms with E-state index in [0.29, 0.717) is 15.9 Å². The molecular weight excluding hydrogens is 307 g/mol. The molecule has 1 aromatic heterocycles. The highest BCUT2D eigenvalue weighted by atomic mass is 32.1. The van der Waals surface area contributed by atoms with Gasteiger partial charge in [-0.15, -0.1) is 0 Å². The zero-order valence-corrected chi connectivity index (χ0v) is 13.3. The van der Waals surface area contributed by atoms with Crippen LogP contribution < -0.4 is 4.80 Å². The Morgan fingerprint density at radius 2 is 2.18 bits per heavy atom. The number of carbonyl (C=O) groups excluding carboxylic acids is 2. The largest absolute Gasteiger partial charge is 0.468 e. The highest BCUT2D eigenvalue weighted by molar-refractivity contribution is 7.16. The number of ether oxygens (including phenoxy) is 1. The summed E-state index contributed by atoms with van der Waals surface area (Å²) in [7, 11) is 1.26. The molecule has 0 aliphatic heterocycles. The van der Waals surface area contributed by atoms with Crippen molar-refractivity contribution in [1.29, 1.82) is 0 Å². The van der Waals surface area contributed by atoms with Gasteiger partial charge in [0.2, 0.25) is 5.91 Å². The molecule has 1 aromatic carbocycles. The molecule has 0 bridgehead atoms. The van der Waals surface area contributed by atoms with Crippen LogP contribution in [0.25, 0.3) is 10.2 Å². The van der Waals surface area contributed by atoms with Crippen LogP contribution in [0.1, 0.15) is 26.2 Å². The summed E-state index contributed by atoms with van der Waals surface area (Å²) in [4.78, 5) is 27.8. The number of hydrogen-bond donors (Lipinski definition) is 0. The first-order chi connectivity index (χ1) is 10.6. The molecule has 7 heteroatoms. The van der Waals surface area contributed by atoms with Crippen molar-refractivity contribution in [2.75, 3.05) is 7.11 Å². The lowest BCUT2D eigenvalue weighted by atomic mass is 10.2. The number of methoxy groups -OCH3 is 1. The first kappa shape index (κ1) is 16.4. The summed E-state index contributed by atoms with van der Waals surface area (Å²) in [6, 6.07) is 4.62. The predicted molar refractivity (Wildman–Crippen MR) is 81.9 cm³/mol. The van der Waals surface area contributed by atoms with Gasteiger partial charge in [0.1, 0.15) is 12.4 Å². The van der Waals surface area contributed by atoms with E-state index in [4.69, 9.17) is 0 Å². The zero-order chi connectivity index (χ0) is 16.1. The van der Waals surface area contributed by atoms with Gasteiger partial charge in [-0.1, -0.05) is 30.7 Å². The molecule has 1 heterocycles. The summed E-state index contributed by atoms with van der Waals surface area (Å²) in [6.45, 7) is 1.80. The van der Waals surface area contributed by atoms with Gasteiger partial charge in [-0.05, 0) is 18.6 Å². The molecule has 0 saturated heterocycles. The van der Waals surface area contributed by atoms with E-state index in [-0.39, 0.29) is 18.0 Å². The average molecular weight is 324 g/mol. The van der Waals surface area contributed by atoms with Crippen LogP contribution in [0.3, 0.4) is 0 Å². The third-order valence-electron chi connectivity index (χ3n) is 3.13. The second kappa shape index (κ2) is 7.31. The molecule has 0 saturated carbocycles. The number of para-hydroxylation sites is 1. The van der Waals surface area contributed by atoms with Crippen molar-refractivity contribution in [1.82, 2.24) is 4.57 Å². The Bertz CT molecular complexity index is 764. The van der Waals surface area contributed by atoms with E-state index in [1.54, 1.807) is 12.1 Å². The van der Waals surface area contributed by atoms with Crippen molar-refractivity contribution < 1.29 is 18.7 Å². The molecule has 0 N–H and O–H groups in total. The number of thiazole rings is 1. The van der Waals surface area contributed by atoms with Gasteiger partial charge in [0.25, 0.3) is 0 Å². The van der Waals surface area contributed by atoms with Crippen LogP contribution in [0, 0.1) is 5.82 Å². The number of amides is 1. The van der Waals surface area contributed by atoms with Gasteiger partial charge in [-0.2, -0.15) is 4.99 Å². The summed E-state index contributed by atoms with van der Waals surface area (Å²) in [5, 5.41) is 0. The first-order valence-corrected chi connectivity index (χ1v) is 7.80. The van der Waals surface area contributed by atoms with E-state index in [0.717, 1.165) is 12.8 Å². The lowest BCUT2D eigenvalue weighted by Crippen LogP contribution is -2.22. The molecule has 0 spiro atoms. The number of nitrogens with zero attached hydrogens (tertiary/aromatic N) is 2. The molecule has 1 amide bonds. The number of benzene rings is 1. The molecule has 0 unspecified atom stereocenters. The summed E-state index contributed by atoms with van der Waals surface area (Å²) in [5.74, 6) is -1.25. The Morgan fingerprint density at radius 3 is 2.86 bits per heavy atom. The van der Waals surface area contributed by atoms with Crippen molar-refractivity contribution >= 4 is 33.4 Å². The summed E-state index contributed by atoms with van der Waals surface area (Å²) >= 11 is 1.18. The third-order valence-corrected chi connectivity index (χ3v) is 4.17. The first-order valence-electron chi connectivity index (χ1n) is 6.99. The third kappa shape index (κ3) is 3.59. The Kier molecular flexibility index (Phi) is 5.43. The molecule has 0 radical (unpaired) electrons. The van der Waals surface area contributed by atoms with Crippen molar-refractivity contribution in [2.24, 2.45) is 4.99 Å². The van der Waals surface area contributed by atoms with Crippen LogP contribution in [0.4, 0.5) is 4.39 Å². The van der Waals surface area contributed by atoms with Gasteiger partial charge in [-0.25, -0.2) is 4.39 Å². The normalized spacial score (nSPS) is 11.9. The van der Waals surface area contributed by atoms with Gasteiger partial charge in [0.05, 0.1) is 17.3 Å². The van der Waals surface area contributed by atoms with Crippen LogP contribution in [0.5, 0.6) is 0 Å². The molecule has 2 aromatic rings. The SMILES string of the molecule is CCCCC(=O)N=c1sc2cccc(F)c2n1CC(=O)OC. The highest BCUT2D eigenvalue weighted by Crippen LogP contribution is 2.20. The Morgan fingerprint density at radius 1 is 1.41 bits per heavy atom. The number of fused-ring (bicyclic) bond motifs is 1. The van der Waals surface area contributed by atoms with Crippen LogP contribution in [-0.2, 0) is 20.9 Å². The molecule has 0 aliphatic carbocycles. The van der Waals surface area contributed by atoms with Crippen LogP contribution in [0.2, 0.25) is 0 Å². The van der Waals surface area contributed by atoms with Gasteiger partial charge in [0, 0.05) is 6.42 Å². The smallest absolute Gasteiger partial charge is 0.325 e. The topological polar surface area (TPSA) is 60.7 Å². The number of aromatic nitrogens is 1. The summed E-state index contributed by atoms with van der Waals surface area (Å²) < 4.78 is 20.7. The van der Waals surface area contributed by atoms with E-state index in [1.807, 2.05) is 6.92 Å². The fraction of sp³-hybridized carbons (Fsp3) is 0.400. The Labute approximate surface area is 131 Å². The number of halogens is 1. The van der Waals surface area contributed by atoms with Crippen LogP contribution in [0.15, 0.2) is 23.2 Å². The Hall–Kier alpha value is -2.02. The average Bonchev–Trinajstić information content (AvgIpc) is 2.83. The molecule has 118 valence electrons. The minimum atomic E-state index is -0.523. The van der Waals surface area contributed by atoms with E-state index in [9.17, 15) is 14.0 Å². The molecule has 0 fully saturated rings. The van der Waals surface area contributed by atoms with Crippen molar-refractivity contribution in [3.8, 4) is 0 Å². The number of unbranched alkanes of at least 4 members (excludes halogenated alkanes) is 1. The highest BCUT2D eigenvalue weighted by Gasteiger charge is 2.14. The number of esters is 1.